The lowest BCUT2D eigenvalue weighted by molar-refractivity contribution is -0.256. The van der Waals surface area contributed by atoms with Crippen LogP contribution in [0.15, 0.2) is 24.3 Å². The molecule has 4 aliphatic rings. The van der Waals surface area contributed by atoms with Crippen LogP contribution in [-0.4, -0.2) is 84.2 Å². The molecule has 4 N–H and O–H groups in total. The number of cyclic esters (lactones) is 1. The number of piperidine rings is 1. The number of hydrogen-bond acceptors (Lipinski definition) is 12. The lowest BCUT2D eigenvalue weighted by Gasteiger charge is -2.50. The largest absolute Gasteiger partial charge is 0.502 e. The number of nitrogens with one attached hydrogen (secondary N) is 2. The van der Waals surface area contributed by atoms with Gasteiger partial charge in [0.15, 0.2) is 23.0 Å². The van der Waals surface area contributed by atoms with Gasteiger partial charge in [0.25, 0.3) is 0 Å². The van der Waals surface area contributed by atoms with Crippen molar-refractivity contribution >= 4 is 18.0 Å². The zero-order valence-electron chi connectivity index (χ0n) is 30.4. The minimum atomic E-state index is -0.950. The van der Waals surface area contributed by atoms with Gasteiger partial charge in [-0.1, -0.05) is 13.8 Å². The Morgan fingerprint density at radius 3 is 2.12 bits per heavy atom. The predicted molar refractivity (Wildman–Crippen MR) is 182 cm³/mol. The Kier molecular flexibility index (Phi) is 9.70. The SMILES string of the molecule is COc1cc([C@@H]2c3cc4c(cc3[C@@H](NC(=O)[C@H](CC(C)C)NC(=O)OC3CC(C)(C)N(O)C(C)(C)C3)[C@H]3COC(=O)[C@H]23)OCO4)cc(OC)c1O. The van der Waals surface area contributed by atoms with Crippen molar-refractivity contribution in [3.8, 4) is 28.7 Å². The molecule has 14 heteroatoms. The number of carbonyl (C=O) groups is 3. The molecule has 14 nitrogen and oxygen atoms in total. The van der Waals surface area contributed by atoms with Gasteiger partial charge < -0.3 is 49.4 Å². The number of benzene rings is 2. The monoisotopic (exact) mass is 711 g/mol. The summed E-state index contributed by atoms with van der Waals surface area (Å²) in [5, 5.41) is 28.6. The number of phenolic OH excluding ortho intramolecular Hbond substituents is 1. The van der Waals surface area contributed by atoms with E-state index in [2.05, 4.69) is 10.6 Å². The van der Waals surface area contributed by atoms with E-state index in [-0.39, 0.29) is 36.6 Å². The van der Waals surface area contributed by atoms with Crippen LogP contribution >= 0.6 is 0 Å². The average molecular weight is 712 g/mol. The van der Waals surface area contributed by atoms with Crippen molar-refractivity contribution in [1.29, 1.82) is 0 Å². The molecule has 5 atom stereocenters. The molecule has 278 valence electrons. The summed E-state index contributed by atoms with van der Waals surface area (Å²) in [6.45, 7) is 11.5. The van der Waals surface area contributed by atoms with Gasteiger partial charge in [0.05, 0.1) is 32.8 Å². The number of aromatic hydroxyl groups is 1. The van der Waals surface area contributed by atoms with Crippen LogP contribution in [0.4, 0.5) is 4.79 Å². The van der Waals surface area contributed by atoms with E-state index in [0.717, 1.165) is 0 Å². The van der Waals surface area contributed by atoms with Gasteiger partial charge in [-0.05, 0) is 81.0 Å². The Morgan fingerprint density at radius 2 is 1.55 bits per heavy atom. The molecule has 0 spiro atoms. The van der Waals surface area contributed by atoms with Crippen molar-refractivity contribution in [2.24, 2.45) is 17.8 Å². The molecular weight excluding hydrogens is 662 g/mol. The maximum Gasteiger partial charge on any atom is 0.408 e. The fourth-order valence-electron chi connectivity index (χ4n) is 8.39. The molecule has 2 amide bonds. The zero-order chi connectivity index (χ0) is 37.0. The molecule has 2 saturated heterocycles. The molecule has 0 unspecified atom stereocenters. The van der Waals surface area contributed by atoms with Gasteiger partial charge in [0, 0.05) is 35.8 Å². The summed E-state index contributed by atoms with van der Waals surface area (Å²) >= 11 is 0. The molecular formula is C37H49N3O11. The Balaban J connectivity index is 1.32. The molecule has 3 aliphatic heterocycles. The third-order valence-corrected chi connectivity index (χ3v) is 10.5. The highest BCUT2D eigenvalue weighted by molar-refractivity contribution is 5.87. The van der Waals surface area contributed by atoms with Gasteiger partial charge in [-0.15, -0.1) is 0 Å². The number of hydroxylamine groups is 2. The third-order valence-electron chi connectivity index (χ3n) is 10.5. The number of rotatable bonds is 9. The fraction of sp³-hybridized carbons (Fsp3) is 0.595. The van der Waals surface area contributed by atoms with Crippen LogP contribution in [0.5, 0.6) is 28.7 Å². The lowest BCUT2D eigenvalue weighted by Crippen LogP contribution is -2.61. The van der Waals surface area contributed by atoms with Gasteiger partial charge in [-0.2, -0.15) is 5.06 Å². The Hall–Kier alpha value is -4.43. The second kappa shape index (κ2) is 13.6. The second-order valence-corrected chi connectivity index (χ2v) is 15.6. The number of phenols is 1. The van der Waals surface area contributed by atoms with E-state index >= 15 is 0 Å². The number of ether oxygens (including phenoxy) is 6. The summed E-state index contributed by atoms with van der Waals surface area (Å²) in [4.78, 5) is 41.2. The highest BCUT2D eigenvalue weighted by atomic mass is 16.7. The Morgan fingerprint density at radius 1 is 0.961 bits per heavy atom. The standard InChI is InChI=1S/C37H49N3O11/c1-18(2)9-24(38-35(44)51-20-14-36(3,4)40(45)37(5,6)15-20)33(42)39-31-22-13-26-25(49-17-50-26)12-21(22)29(30-23(31)16-48-34(30)43)19-10-27(46-7)32(41)28(11-19)47-8/h10-13,18,20,23-24,29-31,41,45H,9,14-17H2,1-8H3,(H,38,44)(H,39,42)/t23-,24-,29+,30-,31+/m0/s1. The number of nitrogens with zero attached hydrogens (tertiary/aromatic N) is 1. The first-order valence-corrected chi connectivity index (χ1v) is 17.4. The van der Waals surface area contributed by atoms with Gasteiger partial charge in [0.2, 0.25) is 18.4 Å². The number of carbonyl (C=O) groups excluding carboxylic acids is 3. The molecule has 2 fully saturated rings. The minimum absolute atomic E-state index is 0.0177. The van der Waals surface area contributed by atoms with E-state index < -0.39 is 65.0 Å². The first-order valence-electron chi connectivity index (χ1n) is 17.4. The predicted octanol–water partition coefficient (Wildman–Crippen LogP) is 4.78. The number of alkyl carbamates (subject to hydrolysis) is 1. The normalized spacial score (nSPS) is 25.3. The summed E-state index contributed by atoms with van der Waals surface area (Å²) in [5.41, 5.74) is 0.787. The average Bonchev–Trinajstić information content (AvgIpc) is 3.68. The van der Waals surface area contributed by atoms with Gasteiger partial charge >= 0.3 is 12.1 Å². The molecule has 0 radical (unpaired) electrons. The molecule has 51 heavy (non-hydrogen) atoms. The van der Waals surface area contributed by atoms with Crippen LogP contribution in [0, 0.1) is 17.8 Å². The van der Waals surface area contributed by atoms with Crippen LogP contribution in [0.1, 0.15) is 89.5 Å². The van der Waals surface area contributed by atoms with Crippen molar-refractivity contribution in [1.82, 2.24) is 15.7 Å². The van der Waals surface area contributed by atoms with E-state index in [4.69, 9.17) is 28.4 Å². The summed E-state index contributed by atoms with van der Waals surface area (Å²) in [6, 6.07) is 5.32. The van der Waals surface area contributed by atoms with Gasteiger partial charge in [0.1, 0.15) is 12.1 Å². The highest BCUT2D eigenvalue weighted by Gasteiger charge is 2.53. The summed E-state index contributed by atoms with van der Waals surface area (Å²) in [5.74, 6) is -1.47. The molecule has 6 rings (SSSR count). The van der Waals surface area contributed by atoms with Crippen LogP contribution < -0.4 is 29.6 Å². The van der Waals surface area contributed by atoms with E-state index in [1.54, 1.807) is 12.1 Å². The van der Waals surface area contributed by atoms with Crippen LogP contribution in [0.3, 0.4) is 0 Å². The van der Waals surface area contributed by atoms with Crippen LogP contribution in [0.25, 0.3) is 0 Å². The van der Waals surface area contributed by atoms with Crippen molar-refractivity contribution in [2.45, 2.75) is 96.0 Å². The summed E-state index contributed by atoms with van der Waals surface area (Å²) < 4.78 is 33.9. The topological polar surface area (TPSA) is 174 Å². The zero-order valence-corrected chi connectivity index (χ0v) is 30.4. The van der Waals surface area contributed by atoms with Gasteiger partial charge in [-0.3, -0.25) is 9.59 Å². The number of fused-ring (bicyclic) bond motifs is 3. The number of methoxy groups -OCH3 is 2. The molecule has 2 aromatic rings. The summed E-state index contributed by atoms with van der Waals surface area (Å²) in [6.07, 6.45) is -0.0562. The molecule has 2 aromatic carbocycles. The van der Waals surface area contributed by atoms with Crippen LogP contribution in [-0.2, 0) is 19.1 Å². The van der Waals surface area contributed by atoms with E-state index in [9.17, 15) is 24.7 Å². The quantitative estimate of drug-likeness (QED) is 0.263. The van der Waals surface area contributed by atoms with E-state index in [1.165, 1.54) is 19.3 Å². The lowest BCUT2D eigenvalue weighted by atomic mass is 9.65. The molecule has 1 aliphatic carbocycles. The van der Waals surface area contributed by atoms with E-state index in [1.807, 2.05) is 53.7 Å². The molecule has 0 aromatic heterocycles. The Bertz CT molecular complexity index is 1650. The smallest absolute Gasteiger partial charge is 0.408 e. The summed E-state index contributed by atoms with van der Waals surface area (Å²) in [7, 11) is 2.86. The molecule has 0 bridgehead atoms. The third kappa shape index (κ3) is 6.83. The molecule has 0 saturated carbocycles. The van der Waals surface area contributed by atoms with Gasteiger partial charge in [-0.25, -0.2) is 4.79 Å². The van der Waals surface area contributed by atoms with Crippen LogP contribution in [0.2, 0.25) is 0 Å². The minimum Gasteiger partial charge on any atom is -0.502 e. The number of amides is 2. The van der Waals surface area contributed by atoms with Crippen molar-refractivity contribution in [3.05, 3.63) is 41.0 Å². The van der Waals surface area contributed by atoms with E-state index in [0.29, 0.717) is 47.5 Å². The van der Waals surface area contributed by atoms with Crippen molar-refractivity contribution in [2.75, 3.05) is 27.6 Å². The Labute approximate surface area is 297 Å². The maximum absolute atomic E-state index is 14.2. The first-order chi connectivity index (χ1) is 24.0. The number of hydrogen-bond donors (Lipinski definition) is 4. The van der Waals surface area contributed by atoms with Crippen molar-refractivity contribution in [3.63, 3.8) is 0 Å². The highest BCUT2D eigenvalue weighted by Crippen LogP contribution is 2.55. The maximum atomic E-state index is 14.2. The fourth-order valence-corrected chi connectivity index (χ4v) is 8.39. The first kappa shape index (κ1) is 36.4. The van der Waals surface area contributed by atoms with Crippen molar-refractivity contribution < 1.29 is 53.1 Å². The second-order valence-electron chi connectivity index (χ2n) is 15.6. The molecule has 3 heterocycles. The number of esters is 1.